The molecule has 0 spiro atoms. The van der Waals surface area contributed by atoms with Gasteiger partial charge in [0.05, 0.1) is 6.20 Å². The van der Waals surface area contributed by atoms with Gasteiger partial charge in [-0.1, -0.05) is 26.0 Å². The molecule has 1 fully saturated rings. The van der Waals surface area contributed by atoms with Crippen LogP contribution in [0.4, 0.5) is 5.69 Å². The molecule has 170 valence electrons. The van der Waals surface area contributed by atoms with Crippen LogP contribution in [0.2, 0.25) is 0 Å². The third-order valence-corrected chi connectivity index (χ3v) is 6.58. The minimum atomic E-state index is -0.438. The van der Waals surface area contributed by atoms with Gasteiger partial charge < -0.3 is 10.3 Å². The third kappa shape index (κ3) is 4.72. The zero-order chi connectivity index (χ0) is 23.8. The monoisotopic (exact) mass is 445 g/mol. The van der Waals surface area contributed by atoms with Gasteiger partial charge in [0.15, 0.2) is 5.82 Å². The van der Waals surface area contributed by atoms with Gasteiger partial charge in [-0.05, 0) is 47.9 Å². The quantitative estimate of drug-likeness (QED) is 0.690. The molecule has 0 unspecified atom stereocenters. The molecule has 2 aromatic rings. The zero-order valence-electron chi connectivity index (χ0n) is 19.1. The van der Waals surface area contributed by atoms with Crippen LogP contribution in [0.5, 0.6) is 0 Å². The summed E-state index contributed by atoms with van der Waals surface area (Å²) in [5.41, 5.74) is 4.00. The highest BCUT2D eigenvalue weighted by Gasteiger charge is 2.32. The van der Waals surface area contributed by atoms with E-state index in [2.05, 4.69) is 35.2 Å². The molecular weight excluding hydrogens is 418 g/mol. The summed E-state index contributed by atoms with van der Waals surface area (Å²) in [5, 5.41) is 11.9. The van der Waals surface area contributed by atoms with Crippen molar-refractivity contribution >= 4 is 29.0 Å². The van der Waals surface area contributed by atoms with Crippen molar-refractivity contribution in [1.82, 2.24) is 14.9 Å². The van der Waals surface area contributed by atoms with E-state index in [-0.39, 0.29) is 47.5 Å². The number of nitrogens with zero attached hydrogens (tertiary/aromatic N) is 3. The number of anilines is 1. The van der Waals surface area contributed by atoms with E-state index in [1.54, 1.807) is 0 Å². The van der Waals surface area contributed by atoms with Crippen molar-refractivity contribution in [3.63, 3.8) is 0 Å². The summed E-state index contributed by atoms with van der Waals surface area (Å²) in [4.78, 5) is 45.1. The highest BCUT2D eigenvalue weighted by Crippen LogP contribution is 2.41. The summed E-state index contributed by atoms with van der Waals surface area (Å²) in [6.45, 7) is 4.47. The van der Waals surface area contributed by atoms with E-state index in [1.165, 1.54) is 18.1 Å². The van der Waals surface area contributed by atoms with Crippen LogP contribution in [0, 0.1) is 16.7 Å². The number of hydrogen-bond donors (Lipinski definition) is 2. The smallest absolute Gasteiger partial charge is 0.291 e. The Balaban J connectivity index is 1.68. The van der Waals surface area contributed by atoms with Gasteiger partial charge in [0.2, 0.25) is 11.8 Å². The fraction of sp³-hybridized carbons (Fsp3) is 0.400. The minimum absolute atomic E-state index is 0.0619. The predicted octanol–water partition coefficient (Wildman–Crippen LogP) is 3.99. The average Bonchev–Trinajstić information content (AvgIpc) is 3.27. The molecule has 33 heavy (non-hydrogen) atoms. The Hall–Kier alpha value is -3.73. The summed E-state index contributed by atoms with van der Waals surface area (Å²) < 4.78 is 0. The number of aromatic amines is 1. The molecule has 1 aliphatic carbocycles. The maximum absolute atomic E-state index is 12.8. The minimum Gasteiger partial charge on any atom is -0.326 e. The summed E-state index contributed by atoms with van der Waals surface area (Å²) >= 11 is 0. The first-order valence-electron chi connectivity index (χ1n) is 11.1. The van der Waals surface area contributed by atoms with E-state index in [0.29, 0.717) is 5.69 Å². The molecule has 8 heteroatoms. The molecule has 0 atom stereocenters. The summed E-state index contributed by atoms with van der Waals surface area (Å²) in [6.07, 6.45) is 6.90. The summed E-state index contributed by atoms with van der Waals surface area (Å²) in [6, 6.07) is 7.62. The number of imidazole rings is 1. The molecule has 1 aliphatic heterocycles. The van der Waals surface area contributed by atoms with Crippen LogP contribution >= 0.6 is 0 Å². The molecule has 8 nitrogen and oxygen atoms in total. The number of benzene rings is 1. The number of likely N-dealkylation sites (tertiary alicyclic amines) is 1. The Morgan fingerprint density at radius 1 is 1.27 bits per heavy atom. The van der Waals surface area contributed by atoms with Crippen LogP contribution in [0.15, 0.2) is 30.5 Å². The van der Waals surface area contributed by atoms with E-state index in [4.69, 9.17) is 5.26 Å². The Labute approximate surface area is 192 Å². The van der Waals surface area contributed by atoms with Crippen molar-refractivity contribution in [2.75, 3.05) is 12.4 Å². The number of nitriles is 1. The van der Waals surface area contributed by atoms with Crippen molar-refractivity contribution in [2.24, 2.45) is 5.41 Å². The van der Waals surface area contributed by atoms with E-state index in [1.807, 2.05) is 24.3 Å². The van der Waals surface area contributed by atoms with Gasteiger partial charge in [-0.25, -0.2) is 4.98 Å². The standard InChI is InChI=1S/C25H27N5O3/c1-25(2)8-6-15(7-9-25)19-10-16(17-11-21(31)30(3)22(32)12-17)4-5-20(19)29-24(33)23-27-14-18(13-26)28-23/h4-6,10,14,17H,7-9,11-12H2,1-3H3,(H,27,28)(H,29,33). The number of piperidine rings is 1. The van der Waals surface area contributed by atoms with Crippen LogP contribution in [0.1, 0.15) is 79.3 Å². The van der Waals surface area contributed by atoms with Gasteiger partial charge in [0.25, 0.3) is 5.91 Å². The molecule has 1 saturated heterocycles. The number of hydrogen-bond acceptors (Lipinski definition) is 5. The molecular formula is C25H27N5O3. The molecule has 0 saturated carbocycles. The molecule has 1 aromatic heterocycles. The van der Waals surface area contributed by atoms with Crippen LogP contribution < -0.4 is 5.32 Å². The number of allylic oxidation sites excluding steroid dienone is 2. The van der Waals surface area contributed by atoms with Gasteiger partial charge in [-0.2, -0.15) is 5.26 Å². The Bertz CT molecular complexity index is 1180. The highest BCUT2D eigenvalue weighted by molar-refractivity contribution is 6.03. The maximum Gasteiger partial charge on any atom is 0.291 e. The Morgan fingerprint density at radius 3 is 2.61 bits per heavy atom. The Kier molecular flexibility index (Phi) is 5.90. The first-order valence-corrected chi connectivity index (χ1v) is 11.1. The molecule has 4 rings (SSSR count). The fourth-order valence-electron chi connectivity index (χ4n) is 4.33. The van der Waals surface area contributed by atoms with E-state index < -0.39 is 5.91 Å². The fourth-order valence-corrected chi connectivity index (χ4v) is 4.33. The second-order valence-electron chi connectivity index (χ2n) is 9.57. The molecule has 1 aromatic carbocycles. The van der Waals surface area contributed by atoms with Crippen LogP contribution in [0.3, 0.4) is 0 Å². The Morgan fingerprint density at radius 2 is 2.00 bits per heavy atom. The number of carbonyl (C=O) groups is 3. The molecule has 2 heterocycles. The van der Waals surface area contributed by atoms with Crippen LogP contribution in [-0.4, -0.2) is 39.6 Å². The normalized spacial score (nSPS) is 18.6. The lowest BCUT2D eigenvalue weighted by Crippen LogP contribution is -2.39. The summed E-state index contributed by atoms with van der Waals surface area (Å²) in [7, 11) is 1.52. The second-order valence-corrected chi connectivity index (χ2v) is 9.57. The van der Waals surface area contributed by atoms with E-state index >= 15 is 0 Å². The number of aromatic nitrogens is 2. The van der Waals surface area contributed by atoms with Gasteiger partial charge >= 0.3 is 0 Å². The molecule has 0 bridgehead atoms. The third-order valence-electron chi connectivity index (χ3n) is 6.58. The van der Waals surface area contributed by atoms with Gasteiger partial charge in [-0.3, -0.25) is 19.3 Å². The SMILES string of the molecule is CN1C(=O)CC(c2ccc(NC(=O)c3ncc(C#N)[nH]3)c(C3=CCC(C)(C)CC3)c2)CC1=O. The topological polar surface area (TPSA) is 119 Å². The van der Waals surface area contributed by atoms with Crippen molar-refractivity contribution in [3.8, 4) is 6.07 Å². The van der Waals surface area contributed by atoms with E-state index in [0.717, 1.165) is 36.0 Å². The lowest BCUT2D eigenvalue weighted by Gasteiger charge is -2.30. The maximum atomic E-state index is 12.8. The first-order chi connectivity index (χ1) is 15.7. The largest absolute Gasteiger partial charge is 0.326 e. The number of imide groups is 1. The summed E-state index contributed by atoms with van der Waals surface area (Å²) in [5.74, 6) is -0.924. The molecule has 0 radical (unpaired) electrons. The molecule has 2 aliphatic rings. The highest BCUT2D eigenvalue weighted by atomic mass is 16.2. The van der Waals surface area contributed by atoms with Crippen molar-refractivity contribution in [1.29, 1.82) is 5.26 Å². The van der Waals surface area contributed by atoms with Crippen molar-refractivity contribution in [3.05, 3.63) is 53.1 Å². The molecule has 3 amide bonds. The number of carbonyl (C=O) groups excluding carboxylic acids is 3. The van der Waals surface area contributed by atoms with Crippen LogP contribution in [0.25, 0.3) is 5.57 Å². The number of amides is 3. The van der Waals surface area contributed by atoms with Crippen molar-refractivity contribution < 1.29 is 14.4 Å². The zero-order valence-corrected chi connectivity index (χ0v) is 19.1. The van der Waals surface area contributed by atoms with Crippen molar-refractivity contribution in [2.45, 2.75) is 51.9 Å². The second kappa shape index (κ2) is 8.66. The number of nitrogens with one attached hydrogen (secondary N) is 2. The van der Waals surface area contributed by atoms with E-state index in [9.17, 15) is 14.4 Å². The first kappa shape index (κ1) is 22.5. The number of H-pyrrole nitrogens is 1. The average molecular weight is 446 g/mol. The molecule has 2 N–H and O–H groups in total. The van der Waals surface area contributed by atoms with Gasteiger partial charge in [0.1, 0.15) is 11.8 Å². The lowest BCUT2D eigenvalue weighted by molar-refractivity contribution is -0.146. The van der Waals surface area contributed by atoms with Gasteiger partial charge in [0, 0.05) is 37.1 Å². The predicted molar refractivity (Wildman–Crippen MR) is 123 cm³/mol. The van der Waals surface area contributed by atoms with Gasteiger partial charge in [-0.15, -0.1) is 0 Å². The lowest BCUT2D eigenvalue weighted by atomic mass is 9.76. The van der Waals surface area contributed by atoms with Crippen LogP contribution in [-0.2, 0) is 9.59 Å². The number of rotatable bonds is 4.